The van der Waals surface area contributed by atoms with E-state index in [1.807, 2.05) is 9.80 Å². The molecule has 1 aromatic carbocycles. The van der Waals surface area contributed by atoms with Crippen LogP contribution in [0.2, 0.25) is 0 Å². The van der Waals surface area contributed by atoms with Crippen molar-refractivity contribution in [2.45, 2.75) is 44.6 Å². The molecule has 2 saturated heterocycles. The van der Waals surface area contributed by atoms with Gasteiger partial charge in [-0.2, -0.15) is 0 Å². The maximum atomic E-state index is 13.1. The Kier molecular flexibility index (Phi) is 8.72. The summed E-state index contributed by atoms with van der Waals surface area (Å²) >= 11 is 0. The van der Waals surface area contributed by atoms with E-state index in [4.69, 9.17) is 0 Å². The molecule has 0 spiro atoms. The molecule has 6 amide bonds. The summed E-state index contributed by atoms with van der Waals surface area (Å²) in [5, 5.41) is 8.08. The largest absolute Gasteiger partial charge is 0.383 e. The van der Waals surface area contributed by atoms with Crippen LogP contribution in [0.5, 0.6) is 0 Å². The molecule has 4 rings (SSSR count). The summed E-state index contributed by atoms with van der Waals surface area (Å²) < 4.78 is 0. The molecule has 38 heavy (non-hydrogen) atoms. The number of hydrogen-bond donors (Lipinski definition) is 3. The lowest BCUT2D eigenvalue weighted by molar-refractivity contribution is -0.136. The van der Waals surface area contributed by atoms with E-state index in [-0.39, 0.29) is 48.9 Å². The quantitative estimate of drug-likeness (QED) is 0.284. The number of carbonyl (C=O) groups is 6. The molecule has 0 aromatic heterocycles. The van der Waals surface area contributed by atoms with Crippen molar-refractivity contribution in [3.8, 4) is 0 Å². The number of fused-ring (bicyclic) bond motifs is 1. The Morgan fingerprint density at radius 2 is 1.82 bits per heavy atom. The number of hydrogen-bond acceptors (Lipinski definition) is 8. The van der Waals surface area contributed by atoms with E-state index in [1.165, 1.54) is 12.5 Å². The molecule has 0 radical (unpaired) electrons. The summed E-state index contributed by atoms with van der Waals surface area (Å²) in [6.07, 6.45) is 3.79. The van der Waals surface area contributed by atoms with E-state index in [9.17, 15) is 28.8 Å². The number of amides is 6. The molecule has 1 atom stereocenters. The second kappa shape index (κ2) is 12.2. The van der Waals surface area contributed by atoms with Crippen molar-refractivity contribution in [1.29, 1.82) is 0 Å². The molecule has 2 fully saturated rings. The standard InChI is InChI=1S/C26H34N6O6/c1-30(15-10-22(35)31-13-3-2-4-14-31)16-21(34)28-12-11-27-18-7-5-6-17-23(18)26(38)32(25(17)37)19-8-9-20(33)29-24(19)36/h5-7,19,27H,2-4,8-16H2,1H3,(H,28,34)(H,29,33,36). The van der Waals surface area contributed by atoms with Crippen molar-refractivity contribution >= 4 is 41.1 Å². The lowest BCUT2D eigenvalue weighted by Gasteiger charge is -2.27. The van der Waals surface area contributed by atoms with Crippen LogP contribution < -0.4 is 16.0 Å². The molecule has 1 unspecified atom stereocenters. The van der Waals surface area contributed by atoms with Crippen LogP contribution in [-0.4, -0.2) is 103 Å². The zero-order valence-electron chi connectivity index (χ0n) is 21.6. The Labute approximate surface area is 221 Å². The maximum absolute atomic E-state index is 13.1. The number of likely N-dealkylation sites (tertiary alicyclic amines) is 1. The van der Waals surface area contributed by atoms with Gasteiger partial charge in [-0.15, -0.1) is 0 Å². The fourth-order valence-electron chi connectivity index (χ4n) is 5.03. The first-order chi connectivity index (χ1) is 18.3. The van der Waals surface area contributed by atoms with Crippen molar-refractivity contribution in [1.82, 2.24) is 25.3 Å². The monoisotopic (exact) mass is 526 g/mol. The highest BCUT2D eigenvalue weighted by atomic mass is 16.2. The molecule has 3 heterocycles. The fourth-order valence-corrected chi connectivity index (χ4v) is 5.03. The van der Waals surface area contributed by atoms with Gasteiger partial charge in [-0.05, 0) is 44.9 Å². The van der Waals surface area contributed by atoms with Crippen LogP contribution >= 0.6 is 0 Å². The number of nitrogens with one attached hydrogen (secondary N) is 3. The average Bonchev–Trinajstić information content (AvgIpc) is 3.16. The normalized spacial score (nSPS) is 19.5. The van der Waals surface area contributed by atoms with Gasteiger partial charge in [0.1, 0.15) is 6.04 Å². The minimum atomic E-state index is -1.03. The van der Waals surface area contributed by atoms with Crippen LogP contribution in [0, 0.1) is 0 Å². The number of nitrogens with zero attached hydrogens (tertiary/aromatic N) is 3. The molecule has 1 aromatic rings. The average molecular weight is 527 g/mol. The molecular weight excluding hydrogens is 492 g/mol. The van der Waals surface area contributed by atoms with Crippen molar-refractivity contribution in [2.75, 3.05) is 51.6 Å². The lowest BCUT2D eigenvalue weighted by atomic mass is 10.0. The fraction of sp³-hybridized carbons (Fsp3) is 0.538. The molecule has 12 heteroatoms. The van der Waals surface area contributed by atoms with Gasteiger partial charge in [-0.25, -0.2) is 0 Å². The Morgan fingerprint density at radius 3 is 2.55 bits per heavy atom. The van der Waals surface area contributed by atoms with E-state index in [0.29, 0.717) is 25.2 Å². The minimum absolute atomic E-state index is 0.0541. The number of anilines is 1. The summed E-state index contributed by atoms with van der Waals surface area (Å²) in [4.78, 5) is 79.0. The predicted octanol–water partition coefficient (Wildman–Crippen LogP) is -0.0497. The second-order valence-corrected chi connectivity index (χ2v) is 9.88. The van der Waals surface area contributed by atoms with Crippen LogP contribution in [0.15, 0.2) is 18.2 Å². The van der Waals surface area contributed by atoms with Crippen LogP contribution in [0.4, 0.5) is 5.69 Å². The van der Waals surface area contributed by atoms with Gasteiger partial charge in [0.2, 0.25) is 23.6 Å². The zero-order valence-corrected chi connectivity index (χ0v) is 21.6. The van der Waals surface area contributed by atoms with Gasteiger partial charge in [0.25, 0.3) is 11.8 Å². The Bertz CT molecular complexity index is 1130. The summed E-state index contributed by atoms with van der Waals surface area (Å²) in [5.41, 5.74) is 0.791. The first-order valence-corrected chi connectivity index (χ1v) is 13.1. The SMILES string of the molecule is CN(CCC(=O)N1CCCCC1)CC(=O)NCCNc1cccc2c1C(=O)N(C1CCC(=O)NC1=O)C2=O. The van der Waals surface area contributed by atoms with Crippen molar-refractivity contribution in [2.24, 2.45) is 0 Å². The minimum Gasteiger partial charge on any atom is -0.383 e. The highest BCUT2D eigenvalue weighted by molar-refractivity contribution is 6.25. The lowest BCUT2D eigenvalue weighted by Crippen LogP contribution is -2.54. The molecule has 0 saturated carbocycles. The van der Waals surface area contributed by atoms with Crippen LogP contribution in [0.1, 0.15) is 59.2 Å². The molecule has 0 aliphatic carbocycles. The second-order valence-electron chi connectivity index (χ2n) is 9.88. The Hall–Kier alpha value is -3.80. The van der Waals surface area contributed by atoms with E-state index in [0.717, 1.165) is 30.8 Å². The van der Waals surface area contributed by atoms with E-state index < -0.39 is 29.7 Å². The van der Waals surface area contributed by atoms with Gasteiger partial charge >= 0.3 is 0 Å². The van der Waals surface area contributed by atoms with Gasteiger partial charge in [-0.1, -0.05) is 6.07 Å². The number of rotatable bonds is 10. The predicted molar refractivity (Wildman–Crippen MR) is 137 cm³/mol. The first kappa shape index (κ1) is 27.2. The van der Waals surface area contributed by atoms with Gasteiger partial charge in [0.15, 0.2) is 0 Å². The Balaban J connectivity index is 1.23. The van der Waals surface area contributed by atoms with Gasteiger partial charge in [0, 0.05) is 51.3 Å². The van der Waals surface area contributed by atoms with Crippen molar-refractivity contribution < 1.29 is 28.8 Å². The number of likely N-dealkylation sites (N-methyl/N-ethyl adjacent to an activating group) is 1. The molecule has 3 aliphatic heterocycles. The molecule has 204 valence electrons. The highest BCUT2D eigenvalue weighted by Gasteiger charge is 2.45. The van der Waals surface area contributed by atoms with E-state index in [1.54, 1.807) is 19.2 Å². The summed E-state index contributed by atoms with van der Waals surface area (Å²) in [6.45, 7) is 2.87. The molecule has 0 bridgehead atoms. The van der Waals surface area contributed by atoms with Gasteiger partial charge in [0.05, 0.1) is 17.7 Å². The summed E-state index contributed by atoms with van der Waals surface area (Å²) in [7, 11) is 1.80. The number of carbonyl (C=O) groups excluding carboxylic acids is 6. The van der Waals surface area contributed by atoms with E-state index in [2.05, 4.69) is 16.0 Å². The Morgan fingerprint density at radius 1 is 1.05 bits per heavy atom. The zero-order chi connectivity index (χ0) is 27.2. The molecular formula is C26H34N6O6. The van der Waals surface area contributed by atoms with E-state index >= 15 is 0 Å². The smallest absolute Gasteiger partial charge is 0.264 e. The van der Waals surface area contributed by atoms with Crippen molar-refractivity contribution in [3.63, 3.8) is 0 Å². The summed E-state index contributed by atoms with van der Waals surface area (Å²) in [5.74, 6) is -2.31. The topological polar surface area (TPSA) is 148 Å². The summed E-state index contributed by atoms with van der Waals surface area (Å²) in [6, 6.07) is 3.80. The van der Waals surface area contributed by atoms with Gasteiger partial charge < -0.3 is 15.5 Å². The van der Waals surface area contributed by atoms with Crippen LogP contribution in [0.25, 0.3) is 0 Å². The van der Waals surface area contributed by atoms with Crippen LogP contribution in [-0.2, 0) is 19.2 Å². The van der Waals surface area contributed by atoms with Crippen LogP contribution in [0.3, 0.4) is 0 Å². The van der Waals surface area contributed by atoms with Crippen molar-refractivity contribution in [3.05, 3.63) is 29.3 Å². The molecule has 12 nitrogen and oxygen atoms in total. The first-order valence-electron chi connectivity index (χ1n) is 13.1. The number of benzene rings is 1. The maximum Gasteiger partial charge on any atom is 0.264 e. The third-order valence-corrected chi connectivity index (χ3v) is 7.06. The third kappa shape index (κ3) is 6.18. The molecule has 3 aliphatic rings. The highest BCUT2D eigenvalue weighted by Crippen LogP contribution is 2.32. The molecule has 3 N–H and O–H groups in total. The van der Waals surface area contributed by atoms with Gasteiger partial charge in [-0.3, -0.25) is 43.9 Å². The third-order valence-electron chi connectivity index (χ3n) is 7.06. The number of piperidine rings is 2. The number of imide groups is 2.